The van der Waals surface area contributed by atoms with E-state index in [0.717, 1.165) is 4.59 Å². The van der Waals surface area contributed by atoms with E-state index in [0.29, 0.717) is 0 Å². The predicted octanol–water partition coefficient (Wildman–Crippen LogP) is 1.34. The molecule has 0 atom stereocenters. The molecule has 0 amide bonds. The zero-order valence-electron chi connectivity index (χ0n) is 8.02. The molecule has 2 heteroatoms. The highest BCUT2D eigenvalue weighted by atomic mass is 15.7. The molecule has 2 nitrogen and oxygen atoms in total. The van der Waals surface area contributed by atoms with Crippen LogP contribution in [0, 0.1) is 0 Å². The van der Waals surface area contributed by atoms with E-state index >= 15 is 0 Å². The van der Waals surface area contributed by atoms with Gasteiger partial charge in [-0.3, -0.25) is 0 Å². The summed E-state index contributed by atoms with van der Waals surface area (Å²) in [5.41, 5.74) is 0. The molecule has 0 aromatic carbocycles. The van der Waals surface area contributed by atoms with Gasteiger partial charge < -0.3 is 0 Å². The second kappa shape index (κ2) is 3.94. The van der Waals surface area contributed by atoms with Gasteiger partial charge in [-0.05, 0) is 20.8 Å². The molecule has 0 saturated carbocycles. The fraction of sp³-hybridized carbons (Fsp3) is 1.00. The van der Waals surface area contributed by atoms with E-state index in [9.17, 15) is 0 Å². The van der Waals surface area contributed by atoms with Crippen LogP contribution in [0.25, 0.3) is 0 Å². The highest BCUT2D eigenvalue weighted by Gasteiger charge is 2.23. The van der Waals surface area contributed by atoms with E-state index < -0.39 is 0 Å². The summed E-state index contributed by atoms with van der Waals surface area (Å²) < 4.78 is 1.10. The van der Waals surface area contributed by atoms with Gasteiger partial charge in [0.15, 0.2) is 0 Å². The molecule has 0 aliphatic carbocycles. The Morgan fingerprint density at radius 2 is 1.20 bits per heavy atom. The van der Waals surface area contributed by atoms with Gasteiger partial charge in [-0.25, -0.2) is 4.59 Å². The van der Waals surface area contributed by atoms with Crippen molar-refractivity contribution >= 4 is 0 Å². The maximum atomic E-state index is 2.29. The summed E-state index contributed by atoms with van der Waals surface area (Å²) in [6.07, 6.45) is 0. The van der Waals surface area contributed by atoms with Gasteiger partial charge in [-0.15, -0.1) is 0 Å². The van der Waals surface area contributed by atoms with E-state index in [1.165, 1.54) is 19.6 Å². The van der Waals surface area contributed by atoms with Crippen LogP contribution in [0.4, 0.5) is 0 Å². The van der Waals surface area contributed by atoms with Crippen LogP contribution in [0.2, 0.25) is 0 Å². The monoisotopic (exact) mass is 145 g/mol. The first-order chi connectivity index (χ1) is 4.63. The van der Waals surface area contributed by atoms with Gasteiger partial charge in [0.25, 0.3) is 0 Å². The summed E-state index contributed by atoms with van der Waals surface area (Å²) in [6, 6.07) is 0. The van der Waals surface area contributed by atoms with Crippen LogP contribution in [-0.2, 0) is 0 Å². The van der Waals surface area contributed by atoms with Crippen molar-refractivity contribution in [3.05, 3.63) is 0 Å². The third-order valence-electron chi connectivity index (χ3n) is 2.61. The van der Waals surface area contributed by atoms with Crippen LogP contribution < -0.4 is 0 Å². The maximum absolute atomic E-state index is 2.29. The van der Waals surface area contributed by atoms with Crippen molar-refractivity contribution < 1.29 is 4.59 Å². The fourth-order valence-corrected chi connectivity index (χ4v) is 1.52. The molecule has 0 fully saturated rings. The molecule has 0 bridgehead atoms. The van der Waals surface area contributed by atoms with Crippen LogP contribution in [0.15, 0.2) is 0 Å². The zero-order chi connectivity index (χ0) is 8.20. The number of hydrogen-bond donors (Lipinski definition) is 0. The van der Waals surface area contributed by atoms with E-state index in [1.54, 1.807) is 0 Å². The van der Waals surface area contributed by atoms with Gasteiger partial charge in [0.1, 0.15) is 0 Å². The molecule has 62 valence electrons. The SMILES string of the molecule is CC[N+](CC)(CC)N(C)C. The van der Waals surface area contributed by atoms with E-state index in [2.05, 4.69) is 39.9 Å². The Labute approximate surface area is 65.0 Å². The lowest BCUT2D eigenvalue weighted by molar-refractivity contribution is -1.02. The summed E-state index contributed by atoms with van der Waals surface area (Å²) in [7, 11) is 4.30. The van der Waals surface area contributed by atoms with Crippen molar-refractivity contribution in [2.24, 2.45) is 0 Å². The van der Waals surface area contributed by atoms with E-state index in [-0.39, 0.29) is 0 Å². The zero-order valence-corrected chi connectivity index (χ0v) is 8.02. The minimum atomic E-state index is 1.10. The normalized spacial score (nSPS) is 12.6. The Balaban J connectivity index is 4.15. The van der Waals surface area contributed by atoms with Crippen LogP contribution in [0.1, 0.15) is 20.8 Å². The number of quaternary nitrogens is 1. The predicted molar refractivity (Wildman–Crippen MR) is 45.6 cm³/mol. The molecule has 0 aromatic heterocycles. The molecular formula is C8H21N2+. The molecule has 0 aromatic rings. The maximum Gasteiger partial charge on any atom is 0.0935 e. The highest BCUT2D eigenvalue weighted by Crippen LogP contribution is 2.06. The van der Waals surface area contributed by atoms with Crippen LogP contribution in [0.3, 0.4) is 0 Å². The lowest BCUT2D eigenvalue weighted by Crippen LogP contribution is -2.56. The molecule has 0 heterocycles. The summed E-state index contributed by atoms with van der Waals surface area (Å²) >= 11 is 0. The smallest absolute Gasteiger partial charge is 0.0935 e. The Morgan fingerprint density at radius 1 is 0.900 bits per heavy atom. The van der Waals surface area contributed by atoms with Crippen LogP contribution in [0.5, 0.6) is 0 Å². The van der Waals surface area contributed by atoms with E-state index in [1.807, 2.05) is 0 Å². The van der Waals surface area contributed by atoms with Gasteiger partial charge >= 0.3 is 0 Å². The van der Waals surface area contributed by atoms with Crippen LogP contribution >= 0.6 is 0 Å². The second-order valence-corrected chi connectivity index (χ2v) is 2.89. The van der Waals surface area contributed by atoms with Crippen LogP contribution in [-0.4, -0.2) is 43.3 Å². The number of nitrogens with zero attached hydrogens (tertiary/aromatic N) is 2. The lowest BCUT2D eigenvalue weighted by Gasteiger charge is -2.40. The first kappa shape index (κ1) is 9.92. The van der Waals surface area contributed by atoms with Gasteiger partial charge in [-0.1, -0.05) is 0 Å². The van der Waals surface area contributed by atoms with Crippen molar-refractivity contribution in [1.29, 1.82) is 0 Å². The van der Waals surface area contributed by atoms with Gasteiger partial charge in [0.2, 0.25) is 0 Å². The van der Waals surface area contributed by atoms with Gasteiger partial charge in [0, 0.05) is 14.1 Å². The minimum Gasteiger partial charge on any atom is -0.244 e. The molecule has 0 N–H and O–H groups in total. The molecule has 0 aliphatic heterocycles. The fourth-order valence-electron chi connectivity index (χ4n) is 1.52. The third kappa shape index (κ3) is 1.70. The Morgan fingerprint density at radius 3 is 1.20 bits per heavy atom. The topological polar surface area (TPSA) is 3.24 Å². The Bertz CT molecular complexity index is 77.0. The molecule has 0 spiro atoms. The number of hydrogen-bond acceptors (Lipinski definition) is 1. The van der Waals surface area contributed by atoms with Crippen molar-refractivity contribution in [2.45, 2.75) is 20.8 Å². The average molecular weight is 145 g/mol. The second-order valence-electron chi connectivity index (χ2n) is 2.89. The molecule has 10 heavy (non-hydrogen) atoms. The van der Waals surface area contributed by atoms with Crippen molar-refractivity contribution in [2.75, 3.05) is 33.7 Å². The van der Waals surface area contributed by atoms with Gasteiger partial charge in [-0.2, -0.15) is 5.01 Å². The van der Waals surface area contributed by atoms with Gasteiger partial charge in [0.05, 0.1) is 19.6 Å². The highest BCUT2D eigenvalue weighted by molar-refractivity contribution is 4.28. The third-order valence-corrected chi connectivity index (χ3v) is 2.61. The summed E-state index contributed by atoms with van der Waals surface area (Å²) in [6.45, 7) is 10.3. The van der Waals surface area contributed by atoms with Crippen molar-refractivity contribution in [1.82, 2.24) is 5.01 Å². The first-order valence-electron chi connectivity index (χ1n) is 4.16. The molecule has 0 radical (unpaired) electrons. The summed E-state index contributed by atoms with van der Waals surface area (Å²) in [5.74, 6) is 0. The quantitative estimate of drug-likeness (QED) is 0.426. The standard InChI is InChI=1S/C8H21N2/c1-6-10(7-2,8-3)9(4)5/h6-8H2,1-5H3/q+1. The molecule has 0 unspecified atom stereocenters. The molecule has 0 saturated heterocycles. The van der Waals surface area contributed by atoms with Crippen molar-refractivity contribution in [3.8, 4) is 0 Å². The largest absolute Gasteiger partial charge is 0.244 e. The lowest BCUT2D eigenvalue weighted by atomic mass is 10.4. The first-order valence-corrected chi connectivity index (χ1v) is 4.16. The number of rotatable bonds is 4. The Hall–Kier alpha value is -0.0800. The molecular weight excluding hydrogens is 124 g/mol. The van der Waals surface area contributed by atoms with E-state index in [4.69, 9.17) is 0 Å². The van der Waals surface area contributed by atoms with Crippen molar-refractivity contribution in [3.63, 3.8) is 0 Å². The summed E-state index contributed by atoms with van der Waals surface area (Å²) in [4.78, 5) is 0. The molecule has 0 rings (SSSR count). The molecule has 0 aliphatic rings. The Kier molecular flexibility index (Phi) is 3.91. The minimum absolute atomic E-state index is 1.10. The average Bonchev–Trinajstić information content (AvgIpc) is 1.92. The summed E-state index contributed by atoms with van der Waals surface area (Å²) in [5, 5.41) is 2.29.